The van der Waals surface area contributed by atoms with Gasteiger partial charge in [-0.3, -0.25) is 5.32 Å². The summed E-state index contributed by atoms with van der Waals surface area (Å²) >= 11 is 0. The Morgan fingerprint density at radius 1 is 1.44 bits per heavy atom. The quantitative estimate of drug-likeness (QED) is 0.620. The molecule has 0 saturated carbocycles. The van der Waals surface area contributed by atoms with Crippen molar-refractivity contribution < 1.29 is 9.53 Å². The van der Waals surface area contributed by atoms with Crippen LogP contribution in [-0.4, -0.2) is 19.6 Å². The Morgan fingerprint density at radius 3 is 2.50 bits per heavy atom. The van der Waals surface area contributed by atoms with E-state index < -0.39 is 5.54 Å². The summed E-state index contributed by atoms with van der Waals surface area (Å²) in [6.45, 7) is 8.21. The summed E-state index contributed by atoms with van der Waals surface area (Å²) in [5, 5.41) is 3.23. The average molecular weight is 247 g/mol. The second-order valence-corrected chi connectivity index (χ2v) is 4.29. The maximum Gasteiger partial charge on any atom is 0.330 e. The molecule has 0 aromatic heterocycles. The third kappa shape index (κ3) is 2.79. The van der Waals surface area contributed by atoms with E-state index in [0.29, 0.717) is 13.0 Å². The first kappa shape index (κ1) is 14.5. The Balaban J connectivity index is 3.19. The van der Waals surface area contributed by atoms with Crippen molar-refractivity contribution in [3.8, 4) is 0 Å². The summed E-state index contributed by atoms with van der Waals surface area (Å²) in [5.41, 5.74) is 1.29. The Kier molecular flexibility index (Phi) is 5.10. The fraction of sp³-hybridized carbons (Fsp3) is 0.400. The molecule has 1 rings (SSSR count). The number of methoxy groups -OCH3 is 1. The Bertz CT molecular complexity index is 411. The molecule has 0 aliphatic heterocycles. The monoisotopic (exact) mass is 247 g/mol. The van der Waals surface area contributed by atoms with E-state index >= 15 is 0 Å². The van der Waals surface area contributed by atoms with Gasteiger partial charge < -0.3 is 4.74 Å². The number of hydrogen-bond acceptors (Lipinski definition) is 3. The number of carbonyl (C=O) groups is 1. The highest BCUT2D eigenvalue weighted by Crippen LogP contribution is 2.27. The molecule has 0 aliphatic rings. The first-order chi connectivity index (χ1) is 8.60. The van der Waals surface area contributed by atoms with E-state index in [9.17, 15) is 4.79 Å². The zero-order valence-corrected chi connectivity index (χ0v) is 11.3. The van der Waals surface area contributed by atoms with Crippen LogP contribution in [0.2, 0.25) is 0 Å². The predicted octanol–water partition coefficient (Wildman–Crippen LogP) is 2.55. The fourth-order valence-corrected chi connectivity index (χ4v) is 2.02. The van der Waals surface area contributed by atoms with Crippen molar-refractivity contribution in [3.05, 3.63) is 48.0 Å². The van der Waals surface area contributed by atoms with E-state index in [1.165, 1.54) is 7.11 Å². The van der Waals surface area contributed by atoms with E-state index in [-0.39, 0.29) is 5.97 Å². The summed E-state index contributed by atoms with van der Waals surface area (Å²) in [4.78, 5) is 12.1. The molecule has 18 heavy (non-hydrogen) atoms. The number of rotatable bonds is 6. The van der Waals surface area contributed by atoms with Crippen molar-refractivity contribution in [2.45, 2.75) is 25.8 Å². The van der Waals surface area contributed by atoms with Gasteiger partial charge >= 0.3 is 5.97 Å². The lowest BCUT2D eigenvalue weighted by Gasteiger charge is -2.31. The summed E-state index contributed by atoms with van der Waals surface area (Å²) in [5.74, 6) is -0.268. The van der Waals surface area contributed by atoms with Crippen LogP contribution in [0, 0.1) is 6.92 Å². The van der Waals surface area contributed by atoms with Crippen molar-refractivity contribution in [1.82, 2.24) is 5.32 Å². The van der Waals surface area contributed by atoms with E-state index in [1.54, 1.807) is 6.08 Å². The fourth-order valence-electron chi connectivity index (χ4n) is 2.02. The van der Waals surface area contributed by atoms with Gasteiger partial charge in [0.2, 0.25) is 0 Å². The molecule has 0 saturated heterocycles. The van der Waals surface area contributed by atoms with Crippen LogP contribution in [-0.2, 0) is 15.1 Å². The summed E-state index contributed by atoms with van der Waals surface area (Å²) < 4.78 is 4.95. The van der Waals surface area contributed by atoms with E-state index in [4.69, 9.17) is 4.74 Å². The van der Waals surface area contributed by atoms with Gasteiger partial charge in [-0.2, -0.15) is 0 Å². The number of carbonyl (C=O) groups excluding carboxylic acids is 1. The van der Waals surface area contributed by atoms with Gasteiger partial charge in [0.15, 0.2) is 0 Å². The van der Waals surface area contributed by atoms with Crippen LogP contribution in [0.5, 0.6) is 0 Å². The first-order valence-electron chi connectivity index (χ1n) is 6.12. The summed E-state index contributed by atoms with van der Waals surface area (Å²) in [6.07, 6.45) is 2.36. The molecule has 1 aromatic rings. The van der Waals surface area contributed by atoms with Gasteiger partial charge in [-0.05, 0) is 18.9 Å². The largest absolute Gasteiger partial charge is 0.467 e. The summed E-state index contributed by atoms with van der Waals surface area (Å²) in [6, 6.07) is 7.92. The van der Waals surface area contributed by atoms with Crippen molar-refractivity contribution in [1.29, 1.82) is 0 Å². The maximum atomic E-state index is 12.1. The number of hydrogen-bond donors (Lipinski definition) is 1. The van der Waals surface area contributed by atoms with Gasteiger partial charge in [0, 0.05) is 6.54 Å². The van der Waals surface area contributed by atoms with Gasteiger partial charge in [0.05, 0.1) is 7.11 Å². The highest BCUT2D eigenvalue weighted by Gasteiger charge is 2.38. The van der Waals surface area contributed by atoms with E-state index in [0.717, 1.165) is 11.1 Å². The molecule has 3 nitrogen and oxygen atoms in total. The number of benzene rings is 1. The predicted molar refractivity (Wildman–Crippen MR) is 73.4 cm³/mol. The molecule has 0 radical (unpaired) electrons. The minimum Gasteiger partial charge on any atom is -0.467 e. The second kappa shape index (κ2) is 6.36. The number of ether oxygens (including phenoxy) is 1. The Labute approximate surface area is 109 Å². The molecule has 0 fully saturated rings. The lowest BCUT2D eigenvalue weighted by atomic mass is 9.86. The molecule has 1 N–H and O–H groups in total. The minimum atomic E-state index is -0.795. The van der Waals surface area contributed by atoms with Crippen molar-refractivity contribution in [3.63, 3.8) is 0 Å². The highest BCUT2D eigenvalue weighted by molar-refractivity contribution is 5.82. The Hall–Kier alpha value is -1.61. The molecule has 3 heteroatoms. The molecular weight excluding hydrogens is 226 g/mol. The molecule has 1 atom stereocenters. The van der Waals surface area contributed by atoms with Crippen molar-refractivity contribution in [2.24, 2.45) is 0 Å². The second-order valence-electron chi connectivity index (χ2n) is 4.29. The van der Waals surface area contributed by atoms with Crippen LogP contribution < -0.4 is 5.32 Å². The van der Waals surface area contributed by atoms with Gasteiger partial charge in [-0.1, -0.05) is 42.8 Å². The molecule has 0 aliphatic carbocycles. The van der Waals surface area contributed by atoms with Crippen LogP contribution in [0.4, 0.5) is 0 Å². The van der Waals surface area contributed by atoms with Crippen LogP contribution in [0.1, 0.15) is 24.5 Å². The number of esters is 1. The standard InChI is InChI=1S/C15H21NO2/c1-5-11-16-15(6-2,14(17)18-4)13-9-7-12(3)8-10-13/h5,7-10,16H,1,6,11H2,2-4H3. The van der Waals surface area contributed by atoms with Crippen molar-refractivity contribution >= 4 is 5.97 Å². The van der Waals surface area contributed by atoms with Gasteiger partial charge in [-0.15, -0.1) is 6.58 Å². The van der Waals surface area contributed by atoms with Crippen LogP contribution >= 0.6 is 0 Å². The molecule has 1 aromatic carbocycles. The lowest BCUT2D eigenvalue weighted by molar-refractivity contribution is -0.149. The molecule has 0 bridgehead atoms. The molecule has 1 unspecified atom stereocenters. The smallest absolute Gasteiger partial charge is 0.330 e. The SMILES string of the molecule is C=CCNC(CC)(C(=O)OC)c1ccc(C)cc1. The molecule has 0 amide bonds. The number of nitrogens with one attached hydrogen (secondary N) is 1. The average Bonchev–Trinajstić information content (AvgIpc) is 2.41. The zero-order valence-electron chi connectivity index (χ0n) is 11.3. The highest BCUT2D eigenvalue weighted by atomic mass is 16.5. The van der Waals surface area contributed by atoms with Crippen molar-refractivity contribution in [2.75, 3.05) is 13.7 Å². The molecule has 0 heterocycles. The first-order valence-corrected chi connectivity index (χ1v) is 6.12. The lowest BCUT2D eigenvalue weighted by Crippen LogP contribution is -2.49. The maximum absolute atomic E-state index is 12.1. The van der Waals surface area contributed by atoms with Crippen LogP contribution in [0.15, 0.2) is 36.9 Å². The molecule has 0 spiro atoms. The Morgan fingerprint density at radius 2 is 2.06 bits per heavy atom. The molecular formula is C15H21NO2. The zero-order chi connectivity index (χ0) is 13.6. The minimum absolute atomic E-state index is 0.268. The summed E-state index contributed by atoms with van der Waals surface area (Å²) in [7, 11) is 1.41. The van der Waals surface area contributed by atoms with E-state index in [1.807, 2.05) is 38.1 Å². The normalized spacial score (nSPS) is 13.7. The van der Waals surface area contributed by atoms with Gasteiger partial charge in [0.25, 0.3) is 0 Å². The third-order valence-corrected chi connectivity index (χ3v) is 3.16. The topological polar surface area (TPSA) is 38.3 Å². The van der Waals surface area contributed by atoms with Crippen LogP contribution in [0.3, 0.4) is 0 Å². The van der Waals surface area contributed by atoms with E-state index in [2.05, 4.69) is 11.9 Å². The van der Waals surface area contributed by atoms with Gasteiger partial charge in [0.1, 0.15) is 5.54 Å². The van der Waals surface area contributed by atoms with Gasteiger partial charge in [-0.25, -0.2) is 4.79 Å². The van der Waals surface area contributed by atoms with Crippen LogP contribution in [0.25, 0.3) is 0 Å². The molecule has 98 valence electrons. The third-order valence-electron chi connectivity index (χ3n) is 3.16. The number of aryl methyl sites for hydroxylation is 1.